The fraction of sp³-hybridized carbons (Fsp3) is 0.303. The van der Waals surface area contributed by atoms with E-state index >= 15 is 4.39 Å². The lowest BCUT2D eigenvalue weighted by atomic mass is 10.0. The molecule has 0 radical (unpaired) electrons. The van der Waals surface area contributed by atoms with Crippen molar-refractivity contribution in [1.82, 2.24) is 19.4 Å². The Balaban J connectivity index is 1.95. The molecule has 0 bridgehead atoms. The number of anilines is 3. The molecule has 2 atom stereocenters. The number of fused-ring (bicyclic) bond motifs is 1. The minimum absolute atomic E-state index is 0.00382. The second-order valence-corrected chi connectivity index (χ2v) is 12.7. The number of carbonyl (C=O) groups excluding carboxylic acids is 1. The summed E-state index contributed by atoms with van der Waals surface area (Å²) in [6, 6.07) is 4.60. The quantitative estimate of drug-likeness (QED) is 0.146. The number of nitrogens with two attached hydrogens (primary N) is 2. The van der Waals surface area contributed by atoms with Crippen molar-refractivity contribution >= 4 is 57.2 Å². The van der Waals surface area contributed by atoms with Gasteiger partial charge in [0.2, 0.25) is 5.91 Å². The van der Waals surface area contributed by atoms with Crippen LogP contribution in [0.5, 0.6) is 0 Å². The zero-order valence-electron chi connectivity index (χ0n) is 26.3. The van der Waals surface area contributed by atoms with Gasteiger partial charge in [0.05, 0.1) is 44.7 Å². The average molecular weight is 682 g/mol. The van der Waals surface area contributed by atoms with Crippen LogP contribution in [0, 0.1) is 29.9 Å². The van der Waals surface area contributed by atoms with E-state index in [4.69, 9.17) is 39.7 Å². The fourth-order valence-electron chi connectivity index (χ4n) is 6.34. The van der Waals surface area contributed by atoms with Gasteiger partial charge in [-0.3, -0.25) is 19.1 Å². The highest BCUT2D eigenvalue weighted by molar-refractivity contribution is 6.35. The highest BCUT2D eigenvalue weighted by atomic mass is 35.5. The number of amides is 1. The normalized spacial score (nSPS) is 16.5. The summed E-state index contributed by atoms with van der Waals surface area (Å²) >= 11 is 12.7. The van der Waals surface area contributed by atoms with Gasteiger partial charge in [-0.2, -0.15) is 5.26 Å². The second kappa shape index (κ2) is 12.5. The van der Waals surface area contributed by atoms with Crippen LogP contribution in [0.4, 0.5) is 25.8 Å². The molecular weight excluding hydrogens is 649 g/mol. The van der Waals surface area contributed by atoms with Crippen molar-refractivity contribution in [1.29, 1.82) is 5.26 Å². The standard InChI is InChI=1S/C33H32Cl2F2N8O2/c1-7-21(46)44-16(5)12-43(13-17(44)6)31-18-10-20(34)29(22-24(36)23(35)25(37)27(40)26(22)39)42-32(18)45(33(47)19(31)11-38)30-15(4)8-9-41-28(30)14(2)3/h7-10,14,16-17H,1,12-13,39-40H2,2-6H3/t16-,17+. The molecule has 4 aromatic rings. The number of aromatic nitrogens is 3. The SMILES string of the molecule is C=CC(=O)N1[C@H](C)CN(c2c(C#N)c(=O)n(-c3c(C)ccnc3C(C)C)c3nc(-c4c(N)c(N)c(F)c(Cl)c4F)c(Cl)cc23)C[C@@H]1C. The zero-order valence-corrected chi connectivity index (χ0v) is 27.8. The average Bonchev–Trinajstić information content (AvgIpc) is 3.02. The molecule has 1 aliphatic rings. The number of nitriles is 1. The number of nitrogen functional groups attached to an aromatic ring is 2. The molecule has 1 saturated heterocycles. The topological polar surface area (TPSA) is 147 Å². The Morgan fingerprint density at radius 3 is 2.36 bits per heavy atom. The van der Waals surface area contributed by atoms with Crippen molar-refractivity contribution in [3.63, 3.8) is 0 Å². The highest BCUT2D eigenvalue weighted by Crippen LogP contribution is 2.44. The molecule has 14 heteroatoms. The summed E-state index contributed by atoms with van der Waals surface area (Å²) in [5.41, 5.74) is 11.1. The Morgan fingerprint density at radius 1 is 1.15 bits per heavy atom. The molecule has 47 heavy (non-hydrogen) atoms. The summed E-state index contributed by atoms with van der Waals surface area (Å²) in [4.78, 5) is 40.0. The molecule has 3 aromatic heterocycles. The Kier molecular flexibility index (Phi) is 8.92. The van der Waals surface area contributed by atoms with E-state index in [-0.39, 0.29) is 70.0 Å². The van der Waals surface area contributed by atoms with E-state index in [1.807, 2.05) is 32.6 Å². The van der Waals surface area contributed by atoms with E-state index in [0.717, 1.165) is 0 Å². The molecule has 1 aromatic carbocycles. The first-order valence-electron chi connectivity index (χ1n) is 14.7. The summed E-state index contributed by atoms with van der Waals surface area (Å²) in [5.74, 6) is -2.88. The van der Waals surface area contributed by atoms with Crippen molar-refractivity contribution in [3.8, 4) is 23.0 Å². The minimum Gasteiger partial charge on any atom is -0.396 e. The third-order valence-electron chi connectivity index (χ3n) is 8.42. The van der Waals surface area contributed by atoms with Gasteiger partial charge in [-0.1, -0.05) is 43.6 Å². The van der Waals surface area contributed by atoms with Crippen LogP contribution in [0.15, 0.2) is 35.8 Å². The number of pyridine rings is 3. The van der Waals surface area contributed by atoms with Crippen molar-refractivity contribution < 1.29 is 13.6 Å². The lowest BCUT2D eigenvalue weighted by molar-refractivity contribution is -0.130. The first kappa shape index (κ1) is 33.6. The van der Waals surface area contributed by atoms with Crippen LogP contribution in [0.2, 0.25) is 10.0 Å². The summed E-state index contributed by atoms with van der Waals surface area (Å²) in [6.45, 7) is 13.4. The predicted octanol–water partition coefficient (Wildman–Crippen LogP) is 6.11. The zero-order chi connectivity index (χ0) is 34.6. The van der Waals surface area contributed by atoms with E-state index in [1.165, 1.54) is 16.7 Å². The van der Waals surface area contributed by atoms with Gasteiger partial charge in [0.1, 0.15) is 22.3 Å². The number of aryl methyl sites for hydroxylation is 1. The van der Waals surface area contributed by atoms with Crippen LogP contribution in [0.1, 0.15) is 50.4 Å². The Bertz CT molecular complexity index is 2050. The van der Waals surface area contributed by atoms with Crippen molar-refractivity contribution in [2.45, 2.75) is 52.6 Å². The molecule has 10 nitrogen and oxygen atoms in total. The molecule has 1 amide bonds. The Morgan fingerprint density at radius 2 is 1.79 bits per heavy atom. The second-order valence-electron chi connectivity index (χ2n) is 11.9. The van der Waals surface area contributed by atoms with Gasteiger partial charge in [0.25, 0.3) is 5.56 Å². The van der Waals surface area contributed by atoms with Crippen molar-refractivity contribution in [2.24, 2.45) is 0 Å². The monoisotopic (exact) mass is 680 g/mol. The molecule has 0 aliphatic carbocycles. The van der Waals surface area contributed by atoms with Crippen LogP contribution in [-0.4, -0.2) is 50.5 Å². The summed E-state index contributed by atoms with van der Waals surface area (Å²) < 4.78 is 31.5. The van der Waals surface area contributed by atoms with Gasteiger partial charge in [-0.05, 0) is 50.5 Å². The third kappa shape index (κ3) is 5.33. The van der Waals surface area contributed by atoms with Gasteiger partial charge in [-0.15, -0.1) is 0 Å². The first-order chi connectivity index (χ1) is 22.2. The van der Waals surface area contributed by atoms with Crippen LogP contribution >= 0.6 is 23.2 Å². The van der Waals surface area contributed by atoms with Gasteiger partial charge >= 0.3 is 0 Å². The summed E-state index contributed by atoms with van der Waals surface area (Å²) in [5, 5.41) is 9.77. The molecule has 4 heterocycles. The molecular formula is C33H32Cl2F2N8O2. The minimum atomic E-state index is -1.24. The van der Waals surface area contributed by atoms with Crippen LogP contribution in [-0.2, 0) is 4.79 Å². The smallest absolute Gasteiger partial charge is 0.276 e. The number of rotatable bonds is 5. The first-order valence-corrected chi connectivity index (χ1v) is 15.5. The van der Waals surface area contributed by atoms with E-state index in [2.05, 4.69) is 17.6 Å². The fourth-order valence-corrected chi connectivity index (χ4v) is 6.78. The Labute approximate surface area is 279 Å². The molecule has 0 saturated carbocycles. The van der Waals surface area contributed by atoms with Crippen LogP contribution in [0.3, 0.4) is 0 Å². The number of hydrogen-bond donors (Lipinski definition) is 2. The predicted molar refractivity (Wildman–Crippen MR) is 181 cm³/mol. The molecule has 1 aliphatic heterocycles. The summed E-state index contributed by atoms with van der Waals surface area (Å²) in [7, 11) is 0. The highest BCUT2D eigenvalue weighted by Gasteiger charge is 2.36. The number of hydrogen-bond acceptors (Lipinski definition) is 8. The lowest BCUT2D eigenvalue weighted by Gasteiger charge is -2.45. The van der Waals surface area contributed by atoms with E-state index in [1.54, 1.807) is 24.1 Å². The maximum absolute atomic E-state index is 15.6. The van der Waals surface area contributed by atoms with Crippen LogP contribution < -0.4 is 21.9 Å². The maximum Gasteiger partial charge on any atom is 0.276 e. The van der Waals surface area contributed by atoms with Gasteiger partial charge in [0.15, 0.2) is 11.6 Å². The molecule has 5 rings (SSSR count). The molecule has 4 N–H and O–H groups in total. The molecule has 0 unspecified atom stereocenters. The van der Waals surface area contributed by atoms with E-state index in [9.17, 15) is 19.2 Å². The number of halogens is 4. The summed E-state index contributed by atoms with van der Waals surface area (Å²) in [6.07, 6.45) is 2.86. The van der Waals surface area contributed by atoms with E-state index < -0.39 is 39.2 Å². The largest absolute Gasteiger partial charge is 0.396 e. The van der Waals surface area contributed by atoms with Gasteiger partial charge in [-0.25, -0.2) is 13.8 Å². The number of carbonyl (C=O) groups is 1. The van der Waals surface area contributed by atoms with Crippen molar-refractivity contribution in [2.75, 3.05) is 29.5 Å². The Hall–Kier alpha value is -4.73. The van der Waals surface area contributed by atoms with E-state index in [0.29, 0.717) is 16.9 Å². The molecule has 0 spiro atoms. The molecule has 1 fully saturated rings. The van der Waals surface area contributed by atoms with Crippen LogP contribution in [0.25, 0.3) is 28.0 Å². The lowest BCUT2D eigenvalue weighted by Crippen LogP contribution is -2.58. The molecule has 244 valence electrons. The van der Waals surface area contributed by atoms with Gasteiger partial charge in [0, 0.05) is 36.8 Å². The van der Waals surface area contributed by atoms with Crippen molar-refractivity contribution in [3.05, 3.63) is 79.8 Å². The maximum atomic E-state index is 15.6. The number of benzene rings is 1. The third-order valence-corrected chi connectivity index (χ3v) is 9.04. The number of piperazine rings is 1. The number of nitrogens with zero attached hydrogens (tertiary/aromatic N) is 6. The van der Waals surface area contributed by atoms with Gasteiger partial charge < -0.3 is 21.3 Å².